The summed E-state index contributed by atoms with van der Waals surface area (Å²) in [4.78, 5) is 0. The van der Waals surface area contributed by atoms with Crippen LogP contribution in [0.15, 0.2) is 24.3 Å². The van der Waals surface area contributed by atoms with Gasteiger partial charge in [-0.3, -0.25) is 0 Å². The number of hydrogen-bond donors (Lipinski definition) is 2. The van der Waals surface area contributed by atoms with Gasteiger partial charge in [-0.25, -0.2) is 13.1 Å². The molecule has 0 saturated carbocycles. The van der Waals surface area contributed by atoms with Crippen molar-refractivity contribution in [3.05, 3.63) is 29.8 Å². The molecule has 1 aromatic carbocycles. The van der Waals surface area contributed by atoms with Gasteiger partial charge in [0.2, 0.25) is 10.0 Å². The van der Waals surface area contributed by atoms with Crippen molar-refractivity contribution in [2.45, 2.75) is 19.6 Å². The Hall–Kier alpha value is -1.07. The summed E-state index contributed by atoms with van der Waals surface area (Å²) >= 11 is 0. The van der Waals surface area contributed by atoms with Crippen molar-refractivity contribution >= 4 is 15.7 Å². The molecule has 16 heavy (non-hydrogen) atoms. The van der Waals surface area contributed by atoms with E-state index in [4.69, 9.17) is 5.73 Å². The molecule has 3 N–H and O–H groups in total. The van der Waals surface area contributed by atoms with Gasteiger partial charge in [0.05, 0.1) is 5.75 Å². The molecule has 1 aromatic rings. The molecule has 0 spiro atoms. The third-order valence-electron chi connectivity index (χ3n) is 2.02. The zero-order chi connectivity index (χ0) is 12.2. The van der Waals surface area contributed by atoms with Crippen molar-refractivity contribution in [3.63, 3.8) is 0 Å². The summed E-state index contributed by atoms with van der Waals surface area (Å²) in [5, 5.41) is 0. The summed E-state index contributed by atoms with van der Waals surface area (Å²) < 4.78 is 25.9. The normalized spacial score (nSPS) is 11.9. The lowest BCUT2D eigenvalue weighted by atomic mass is 10.2. The number of benzene rings is 1. The fraction of sp³-hybridized carbons (Fsp3) is 0.455. The second-order valence-corrected chi connectivity index (χ2v) is 6.05. The predicted octanol–water partition coefficient (Wildman–Crippen LogP) is 1.34. The molecular weight excluding hydrogens is 224 g/mol. The minimum Gasteiger partial charge on any atom is -0.399 e. The molecule has 4 nitrogen and oxygen atoms in total. The van der Waals surface area contributed by atoms with Gasteiger partial charge >= 0.3 is 0 Å². The standard InChI is InChI=1S/C11H18N2O2S/c1-9(2)7-13-16(14,15)8-10-4-3-5-11(12)6-10/h3-6,9,13H,7-8,12H2,1-2H3. The van der Waals surface area contributed by atoms with Crippen LogP contribution in [0.2, 0.25) is 0 Å². The van der Waals surface area contributed by atoms with E-state index < -0.39 is 10.0 Å². The minimum atomic E-state index is -3.25. The highest BCUT2D eigenvalue weighted by Crippen LogP contribution is 2.09. The second kappa shape index (κ2) is 5.32. The average Bonchev–Trinajstić information content (AvgIpc) is 2.14. The summed E-state index contributed by atoms with van der Waals surface area (Å²) in [7, 11) is -3.25. The summed E-state index contributed by atoms with van der Waals surface area (Å²) in [6.07, 6.45) is 0. The highest BCUT2D eigenvalue weighted by atomic mass is 32.2. The summed E-state index contributed by atoms with van der Waals surface area (Å²) in [5.41, 5.74) is 6.87. The molecule has 0 aliphatic rings. The molecule has 0 fully saturated rings. The first kappa shape index (κ1) is 13.0. The fourth-order valence-corrected chi connectivity index (χ4v) is 2.55. The van der Waals surface area contributed by atoms with Crippen LogP contribution in [0.1, 0.15) is 19.4 Å². The molecule has 0 heterocycles. The highest BCUT2D eigenvalue weighted by Gasteiger charge is 2.11. The Bertz CT molecular complexity index is 441. The molecule has 1 rings (SSSR count). The second-order valence-electron chi connectivity index (χ2n) is 4.25. The van der Waals surface area contributed by atoms with E-state index >= 15 is 0 Å². The van der Waals surface area contributed by atoms with Gasteiger partial charge in [-0.15, -0.1) is 0 Å². The maximum Gasteiger partial charge on any atom is 0.215 e. The number of nitrogens with one attached hydrogen (secondary N) is 1. The van der Waals surface area contributed by atoms with Gasteiger partial charge in [-0.1, -0.05) is 26.0 Å². The third-order valence-corrected chi connectivity index (χ3v) is 3.34. The van der Waals surface area contributed by atoms with Crippen LogP contribution in [-0.2, 0) is 15.8 Å². The molecule has 0 saturated heterocycles. The van der Waals surface area contributed by atoms with Crippen molar-refractivity contribution in [2.75, 3.05) is 12.3 Å². The van der Waals surface area contributed by atoms with E-state index in [1.165, 1.54) is 0 Å². The quantitative estimate of drug-likeness (QED) is 0.765. The van der Waals surface area contributed by atoms with E-state index in [-0.39, 0.29) is 5.75 Å². The Morgan fingerprint density at radius 3 is 2.62 bits per heavy atom. The molecule has 0 aliphatic heterocycles. The van der Waals surface area contributed by atoms with E-state index in [1.54, 1.807) is 24.3 Å². The third kappa shape index (κ3) is 4.63. The molecular formula is C11H18N2O2S. The van der Waals surface area contributed by atoms with E-state index in [0.717, 1.165) is 0 Å². The first-order valence-corrected chi connectivity index (χ1v) is 6.86. The van der Waals surface area contributed by atoms with Crippen LogP contribution in [0.5, 0.6) is 0 Å². The maximum atomic E-state index is 11.7. The van der Waals surface area contributed by atoms with E-state index in [0.29, 0.717) is 23.7 Å². The number of anilines is 1. The van der Waals surface area contributed by atoms with Crippen molar-refractivity contribution in [2.24, 2.45) is 5.92 Å². The van der Waals surface area contributed by atoms with Crippen LogP contribution in [0.3, 0.4) is 0 Å². The van der Waals surface area contributed by atoms with Crippen molar-refractivity contribution in [1.29, 1.82) is 0 Å². The number of rotatable bonds is 5. The van der Waals surface area contributed by atoms with Gasteiger partial charge in [-0.2, -0.15) is 0 Å². The van der Waals surface area contributed by atoms with Gasteiger partial charge in [0.25, 0.3) is 0 Å². The minimum absolute atomic E-state index is 0.0231. The van der Waals surface area contributed by atoms with Crippen LogP contribution < -0.4 is 10.5 Å². The Kier molecular flexibility index (Phi) is 4.32. The lowest BCUT2D eigenvalue weighted by Crippen LogP contribution is -2.28. The average molecular weight is 242 g/mol. The van der Waals surface area contributed by atoms with Crippen LogP contribution in [0, 0.1) is 5.92 Å². The number of nitrogen functional groups attached to an aromatic ring is 1. The zero-order valence-corrected chi connectivity index (χ0v) is 10.4. The molecule has 0 bridgehead atoms. The van der Waals surface area contributed by atoms with Crippen LogP contribution in [0.4, 0.5) is 5.69 Å². The van der Waals surface area contributed by atoms with Gasteiger partial charge in [0.15, 0.2) is 0 Å². The Balaban J connectivity index is 2.66. The molecule has 0 unspecified atom stereocenters. The maximum absolute atomic E-state index is 11.7. The summed E-state index contributed by atoms with van der Waals surface area (Å²) in [5.74, 6) is 0.278. The van der Waals surface area contributed by atoms with Crippen molar-refractivity contribution < 1.29 is 8.42 Å². The largest absolute Gasteiger partial charge is 0.399 e. The first-order chi connectivity index (χ1) is 7.39. The Labute approximate surface area is 96.9 Å². The van der Waals surface area contributed by atoms with Gasteiger partial charge in [-0.05, 0) is 23.6 Å². The Morgan fingerprint density at radius 1 is 1.38 bits per heavy atom. The monoisotopic (exact) mass is 242 g/mol. The van der Waals surface area contributed by atoms with Crippen LogP contribution in [-0.4, -0.2) is 15.0 Å². The zero-order valence-electron chi connectivity index (χ0n) is 9.60. The van der Waals surface area contributed by atoms with Crippen molar-refractivity contribution in [3.8, 4) is 0 Å². The fourth-order valence-electron chi connectivity index (χ4n) is 1.25. The molecule has 5 heteroatoms. The molecule has 0 aliphatic carbocycles. The lowest BCUT2D eigenvalue weighted by Gasteiger charge is -2.09. The van der Waals surface area contributed by atoms with E-state index in [9.17, 15) is 8.42 Å². The predicted molar refractivity (Wildman–Crippen MR) is 66.3 cm³/mol. The van der Waals surface area contributed by atoms with E-state index in [1.807, 2.05) is 13.8 Å². The molecule has 0 radical (unpaired) electrons. The topological polar surface area (TPSA) is 72.2 Å². The van der Waals surface area contributed by atoms with Gasteiger partial charge < -0.3 is 5.73 Å². The number of hydrogen-bond acceptors (Lipinski definition) is 3. The van der Waals surface area contributed by atoms with E-state index in [2.05, 4.69) is 4.72 Å². The molecule has 0 amide bonds. The first-order valence-electron chi connectivity index (χ1n) is 5.21. The smallest absolute Gasteiger partial charge is 0.215 e. The summed E-state index contributed by atoms with van der Waals surface area (Å²) in [6, 6.07) is 6.92. The highest BCUT2D eigenvalue weighted by molar-refractivity contribution is 7.88. The SMILES string of the molecule is CC(C)CNS(=O)(=O)Cc1cccc(N)c1. The van der Waals surface area contributed by atoms with Gasteiger partial charge in [0.1, 0.15) is 0 Å². The van der Waals surface area contributed by atoms with Gasteiger partial charge in [0, 0.05) is 12.2 Å². The van der Waals surface area contributed by atoms with Crippen molar-refractivity contribution in [1.82, 2.24) is 4.72 Å². The Morgan fingerprint density at radius 2 is 2.06 bits per heavy atom. The van der Waals surface area contributed by atoms with Crippen LogP contribution >= 0.6 is 0 Å². The molecule has 0 aromatic heterocycles. The molecule has 90 valence electrons. The number of sulfonamides is 1. The molecule has 0 atom stereocenters. The number of nitrogens with two attached hydrogens (primary N) is 1. The summed E-state index contributed by atoms with van der Waals surface area (Å²) in [6.45, 7) is 4.39. The lowest BCUT2D eigenvalue weighted by molar-refractivity contribution is 0.559. The van der Waals surface area contributed by atoms with Crippen LogP contribution in [0.25, 0.3) is 0 Å².